The van der Waals surface area contributed by atoms with Crippen molar-refractivity contribution in [1.82, 2.24) is 5.32 Å². The zero-order chi connectivity index (χ0) is 11.5. The van der Waals surface area contributed by atoms with Crippen LogP contribution in [-0.2, 0) is 4.74 Å². The van der Waals surface area contributed by atoms with Gasteiger partial charge in [0, 0.05) is 11.4 Å². The second-order valence-electron chi connectivity index (χ2n) is 5.09. The molecular formula is C11H20BrNO2. The van der Waals surface area contributed by atoms with Gasteiger partial charge in [-0.15, -0.1) is 0 Å². The Bertz CT molecular complexity index is 221. The zero-order valence-electron chi connectivity index (χ0n) is 9.68. The number of hydrogen-bond donors (Lipinski definition) is 1. The maximum atomic E-state index is 11.3. The summed E-state index contributed by atoms with van der Waals surface area (Å²) in [5.41, 5.74) is -0.414. The van der Waals surface area contributed by atoms with Crippen LogP contribution < -0.4 is 5.32 Å². The lowest BCUT2D eigenvalue weighted by Crippen LogP contribution is -2.38. The lowest BCUT2D eigenvalue weighted by atomic mass is 9.83. The second kappa shape index (κ2) is 5.19. The van der Waals surface area contributed by atoms with Gasteiger partial charge >= 0.3 is 6.09 Å². The third-order valence-corrected chi connectivity index (χ3v) is 3.57. The molecule has 1 atom stereocenters. The van der Waals surface area contributed by atoms with Gasteiger partial charge in [0.25, 0.3) is 0 Å². The lowest BCUT2D eigenvalue weighted by molar-refractivity contribution is 0.0524. The van der Waals surface area contributed by atoms with Crippen LogP contribution in [0.1, 0.15) is 40.0 Å². The van der Waals surface area contributed by atoms with E-state index in [1.165, 1.54) is 19.3 Å². The van der Waals surface area contributed by atoms with Crippen LogP contribution in [0.2, 0.25) is 0 Å². The van der Waals surface area contributed by atoms with Crippen LogP contribution in [0.4, 0.5) is 4.79 Å². The fraction of sp³-hybridized carbons (Fsp3) is 0.909. The lowest BCUT2D eigenvalue weighted by Gasteiger charge is -2.30. The van der Waals surface area contributed by atoms with Crippen molar-refractivity contribution in [3.63, 3.8) is 0 Å². The van der Waals surface area contributed by atoms with Gasteiger partial charge < -0.3 is 10.1 Å². The van der Waals surface area contributed by atoms with Crippen molar-refractivity contribution in [3.05, 3.63) is 0 Å². The molecule has 3 nitrogen and oxygen atoms in total. The number of halogens is 1. The van der Waals surface area contributed by atoms with Crippen molar-refractivity contribution < 1.29 is 9.53 Å². The van der Waals surface area contributed by atoms with Crippen molar-refractivity contribution in [3.8, 4) is 0 Å². The minimum absolute atomic E-state index is 0.328. The summed E-state index contributed by atoms with van der Waals surface area (Å²) < 4.78 is 5.15. The van der Waals surface area contributed by atoms with E-state index in [2.05, 4.69) is 21.2 Å². The smallest absolute Gasteiger partial charge is 0.407 e. The van der Waals surface area contributed by atoms with Crippen LogP contribution in [0, 0.1) is 5.92 Å². The highest BCUT2D eigenvalue weighted by atomic mass is 79.9. The van der Waals surface area contributed by atoms with E-state index >= 15 is 0 Å². The normalized spacial score (nSPS) is 19.2. The third kappa shape index (κ3) is 4.87. The quantitative estimate of drug-likeness (QED) is 0.806. The Hall–Kier alpha value is -0.250. The number of amides is 1. The molecule has 1 N–H and O–H groups in total. The minimum atomic E-state index is -0.414. The van der Waals surface area contributed by atoms with Crippen LogP contribution in [0.15, 0.2) is 0 Å². The van der Waals surface area contributed by atoms with Crippen molar-refractivity contribution in [2.24, 2.45) is 5.92 Å². The maximum Gasteiger partial charge on any atom is 0.407 e. The number of alkyl halides is 1. The topological polar surface area (TPSA) is 38.3 Å². The van der Waals surface area contributed by atoms with Gasteiger partial charge in [-0.25, -0.2) is 4.79 Å². The number of ether oxygens (including phenoxy) is 1. The molecule has 0 aromatic carbocycles. The highest BCUT2D eigenvalue weighted by Crippen LogP contribution is 2.32. The summed E-state index contributed by atoms with van der Waals surface area (Å²) in [6, 6.07) is 0. The van der Waals surface area contributed by atoms with Crippen molar-refractivity contribution in [2.75, 3.05) is 6.54 Å². The Morgan fingerprint density at radius 3 is 2.53 bits per heavy atom. The highest BCUT2D eigenvalue weighted by Gasteiger charge is 2.26. The second-order valence-corrected chi connectivity index (χ2v) is 6.27. The highest BCUT2D eigenvalue weighted by molar-refractivity contribution is 9.09. The van der Waals surface area contributed by atoms with Crippen LogP contribution in [-0.4, -0.2) is 23.1 Å². The molecule has 0 bridgehead atoms. The molecule has 0 heterocycles. The summed E-state index contributed by atoms with van der Waals surface area (Å²) in [5.74, 6) is 0.722. The molecule has 4 heteroatoms. The van der Waals surface area contributed by atoms with Gasteiger partial charge in [0.2, 0.25) is 0 Å². The molecule has 0 radical (unpaired) electrons. The fourth-order valence-electron chi connectivity index (χ4n) is 1.46. The molecule has 1 rings (SSSR count). The molecule has 15 heavy (non-hydrogen) atoms. The number of alkyl carbamates (subject to hydrolysis) is 1. The van der Waals surface area contributed by atoms with Crippen molar-refractivity contribution in [2.45, 2.75) is 50.5 Å². The molecule has 0 aliphatic heterocycles. The van der Waals surface area contributed by atoms with E-state index in [-0.39, 0.29) is 6.09 Å². The Balaban J connectivity index is 2.15. The van der Waals surface area contributed by atoms with Crippen molar-refractivity contribution in [1.29, 1.82) is 0 Å². The Morgan fingerprint density at radius 2 is 2.13 bits per heavy atom. The first-order valence-electron chi connectivity index (χ1n) is 5.49. The summed E-state index contributed by atoms with van der Waals surface area (Å²) in [6.07, 6.45) is 3.53. The predicted molar refractivity (Wildman–Crippen MR) is 64.3 cm³/mol. The van der Waals surface area contributed by atoms with Gasteiger partial charge in [0.15, 0.2) is 0 Å². The monoisotopic (exact) mass is 277 g/mol. The van der Waals surface area contributed by atoms with Gasteiger partial charge in [-0.3, -0.25) is 0 Å². The Labute approximate surface area is 100 Å². The van der Waals surface area contributed by atoms with E-state index < -0.39 is 5.60 Å². The van der Waals surface area contributed by atoms with Crippen LogP contribution in [0.3, 0.4) is 0 Å². The predicted octanol–water partition coefficient (Wildman–Crippen LogP) is 3.07. The van der Waals surface area contributed by atoms with E-state index in [1.807, 2.05) is 20.8 Å². The molecule has 0 aromatic heterocycles. The SMILES string of the molecule is CC(C)(C)OC(=O)NCC(Br)C1CCC1. The van der Waals surface area contributed by atoms with Crippen LogP contribution in [0.25, 0.3) is 0 Å². The largest absolute Gasteiger partial charge is 0.444 e. The molecule has 0 spiro atoms. The van der Waals surface area contributed by atoms with Gasteiger partial charge in [0.1, 0.15) is 5.60 Å². The summed E-state index contributed by atoms with van der Waals surface area (Å²) >= 11 is 3.59. The number of carbonyl (C=O) groups excluding carboxylic acids is 1. The Morgan fingerprint density at radius 1 is 1.53 bits per heavy atom. The standard InChI is InChI=1S/C11H20BrNO2/c1-11(2,3)15-10(14)13-7-9(12)8-5-4-6-8/h8-9H,4-7H2,1-3H3,(H,13,14). The first kappa shape index (κ1) is 12.8. The van der Waals surface area contributed by atoms with Gasteiger partial charge in [-0.05, 0) is 39.5 Å². The van der Waals surface area contributed by atoms with Gasteiger partial charge in [-0.1, -0.05) is 22.4 Å². The first-order valence-corrected chi connectivity index (χ1v) is 6.41. The van der Waals surface area contributed by atoms with Gasteiger partial charge in [-0.2, -0.15) is 0 Å². The summed E-state index contributed by atoms with van der Waals surface area (Å²) in [7, 11) is 0. The molecule has 88 valence electrons. The number of carbonyl (C=O) groups is 1. The third-order valence-electron chi connectivity index (χ3n) is 2.50. The van der Waals surface area contributed by atoms with Crippen LogP contribution in [0.5, 0.6) is 0 Å². The molecule has 0 aromatic rings. The molecule has 0 saturated heterocycles. The van der Waals surface area contributed by atoms with Gasteiger partial charge in [0.05, 0.1) is 0 Å². The Kier molecular flexibility index (Phi) is 4.44. The first-order chi connectivity index (χ1) is 6.88. The molecular weight excluding hydrogens is 258 g/mol. The van der Waals surface area contributed by atoms with E-state index in [1.54, 1.807) is 0 Å². The van der Waals surface area contributed by atoms with E-state index in [0.717, 1.165) is 5.92 Å². The van der Waals surface area contributed by atoms with Crippen LogP contribution >= 0.6 is 15.9 Å². The number of hydrogen-bond acceptors (Lipinski definition) is 2. The zero-order valence-corrected chi connectivity index (χ0v) is 11.3. The molecule has 1 amide bonds. The molecule has 1 aliphatic rings. The number of nitrogens with one attached hydrogen (secondary N) is 1. The summed E-state index contributed by atoms with van der Waals surface area (Å²) in [4.78, 5) is 11.7. The molecule has 1 saturated carbocycles. The molecule has 1 fully saturated rings. The molecule has 1 unspecified atom stereocenters. The van der Waals surface area contributed by atoms with E-state index in [4.69, 9.17) is 4.74 Å². The van der Waals surface area contributed by atoms with E-state index in [0.29, 0.717) is 11.4 Å². The average Bonchev–Trinajstić information content (AvgIpc) is 1.94. The maximum absolute atomic E-state index is 11.3. The van der Waals surface area contributed by atoms with E-state index in [9.17, 15) is 4.79 Å². The molecule has 1 aliphatic carbocycles. The fourth-order valence-corrected chi connectivity index (χ4v) is 2.15. The van der Waals surface area contributed by atoms with Crippen molar-refractivity contribution >= 4 is 22.0 Å². The minimum Gasteiger partial charge on any atom is -0.444 e. The average molecular weight is 278 g/mol. The summed E-state index contributed by atoms with van der Waals surface area (Å²) in [5, 5.41) is 2.78. The summed E-state index contributed by atoms with van der Waals surface area (Å²) in [6.45, 7) is 6.25. The number of rotatable bonds is 3.